The lowest BCUT2D eigenvalue weighted by atomic mass is 9.87. The van der Waals surface area contributed by atoms with Crippen LogP contribution in [0.2, 0.25) is 0 Å². The normalized spacial score (nSPS) is 24.6. The summed E-state index contributed by atoms with van der Waals surface area (Å²) in [7, 11) is 1.97. The number of hydrogen-bond acceptors (Lipinski definition) is 3. The van der Waals surface area contributed by atoms with Crippen molar-refractivity contribution in [2.24, 2.45) is 5.41 Å². The van der Waals surface area contributed by atoms with E-state index >= 15 is 0 Å². The van der Waals surface area contributed by atoms with Gasteiger partial charge in [0.1, 0.15) is 0 Å². The highest BCUT2D eigenvalue weighted by Gasteiger charge is 2.33. The second-order valence-corrected chi connectivity index (χ2v) is 5.05. The number of aliphatic carboxylic acids is 1. The fourth-order valence-electron chi connectivity index (χ4n) is 2.13. The summed E-state index contributed by atoms with van der Waals surface area (Å²) in [6.07, 6.45) is 3.17. The predicted octanol–water partition coefficient (Wildman–Crippen LogP) is 1.60. The van der Waals surface area contributed by atoms with Crippen molar-refractivity contribution < 1.29 is 14.6 Å². The molecule has 1 heterocycles. The first-order valence-corrected chi connectivity index (χ1v) is 6.01. The van der Waals surface area contributed by atoms with E-state index in [-0.39, 0.29) is 0 Å². The molecule has 4 nitrogen and oxygen atoms in total. The largest absolute Gasteiger partial charge is 0.481 e. The van der Waals surface area contributed by atoms with Gasteiger partial charge in [-0.05, 0) is 33.2 Å². The average Bonchev–Trinajstić information content (AvgIpc) is 2.69. The van der Waals surface area contributed by atoms with Crippen molar-refractivity contribution in [3.63, 3.8) is 0 Å². The van der Waals surface area contributed by atoms with E-state index in [9.17, 15) is 9.90 Å². The summed E-state index contributed by atoms with van der Waals surface area (Å²) in [5.74, 6) is -0.714. The molecule has 1 aliphatic heterocycles. The van der Waals surface area contributed by atoms with Crippen LogP contribution < -0.4 is 0 Å². The summed E-state index contributed by atoms with van der Waals surface area (Å²) in [6.45, 7) is 6.00. The fourth-order valence-corrected chi connectivity index (χ4v) is 2.13. The Kier molecular flexibility index (Phi) is 4.74. The molecule has 2 atom stereocenters. The van der Waals surface area contributed by atoms with E-state index in [2.05, 4.69) is 4.90 Å². The zero-order valence-electron chi connectivity index (χ0n) is 10.5. The van der Waals surface area contributed by atoms with E-state index in [1.165, 1.54) is 0 Å². The quantitative estimate of drug-likeness (QED) is 0.751. The first-order chi connectivity index (χ1) is 7.48. The average molecular weight is 229 g/mol. The Morgan fingerprint density at radius 3 is 2.75 bits per heavy atom. The third kappa shape index (κ3) is 3.46. The summed E-state index contributed by atoms with van der Waals surface area (Å²) < 4.78 is 5.54. The molecule has 2 unspecified atom stereocenters. The lowest BCUT2D eigenvalue weighted by Gasteiger charge is -2.30. The van der Waals surface area contributed by atoms with Gasteiger partial charge in [0.05, 0.1) is 11.5 Å². The van der Waals surface area contributed by atoms with Crippen LogP contribution in [0.5, 0.6) is 0 Å². The fraction of sp³-hybridized carbons (Fsp3) is 0.917. The maximum Gasteiger partial charge on any atom is 0.310 e. The number of carboxylic acids is 1. The molecular formula is C12H23NO3. The molecular weight excluding hydrogens is 206 g/mol. The molecule has 16 heavy (non-hydrogen) atoms. The van der Waals surface area contributed by atoms with Crippen LogP contribution >= 0.6 is 0 Å². The molecule has 1 aliphatic rings. The second kappa shape index (κ2) is 5.64. The first kappa shape index (κ1) is 13.5. The van der Waals surface area contributed by atoms with Crippen molar-refractivity contribution in [2.75, 3.05) is 26.7 Å². The minimum absolute atomic E-state index is 0.292. The van der Waals surface area contributed by atoms with Crippen molar-refractivity contribution in [1.82, 2.24) is 4.90 Å². The van der Waals surface area contributed by atoms with E-state index in [1.807, 2.05) is 14.0 Å². The Morgan fingerprint density at radius 2 is 2.31 bits per heavy atom. The van der Waals surface area contributed by atoms with Crippen molar-refractivity contribution in [2.45, 2.75) is 39.2 Å². The number of hydrogen-bond donors (Lipinski definition) is 1. The Morgan fingerprint density at radius 1 is 1.62 bits per heavy atom. The van der Waals surface area contributed by atoms with Gasteiger partial charge in [-0.1, -0.05) is 6.92 Å². The molecule has 1 saturated heterocycles. The van der Waals surface area contributed by atoms with Gasteiger partial charge in [-0.25, -0.2) is 0 Å². The molecule has 0 aromatic heterocycles. The molecule has 0 bridgehead atoms. The highest BCUT2D eigenvalue weighted by Crippen LogP contribution is 2.23. The monoisotopic (exact) mass is 229 g/mol. The smallest absolute Gasteiger partial charge is 0.310 e. The molecule has 1 rings (SSSR count). The lowest BCUT2D eigenvalue weighted by Crippen LogP contribution is -2.41. The number of nitrogens with zero attached hydrogens (tertiary/aromatic N) is 1. The molecule has 0 aromatic rings. The molecule has 0 aliphatic carbocycles. The molecule has 1 fully saturated rings. The van der Waals surface area contributed by atoms with Gasteiger partial charge >= 0.3 is 5.97 Å². The van der Waals surface area contributed by atoms with Crippen molar-refractivity contribution >= 4 is 5.97 Å². The van der Waals surface area contributed by atoms with Crippen molar-refractivity contribution in [1.29, 1.82) is 0 Å². The molecule has 0 amide bonds. The van der Waals surface area contributed by atoms with Gasteiger partial charge in [-0.15, -0.1) is 0 Å². The molecule has 0 saturated carbocycles. The van der Waals surface area contributed by atoms with Crippen LogP contribution in [0.4, 0.5) is 0 Å². The van der Waals surface area contributed by atoms with Crippen LogP contribution in [-0.4, -0.2) is 48.8 Å². The Balaban J connectivity index is 2.42. The highest BCUT2D eigenvalue weighted by atomic mass is 16.5. The van der Waals surface area contributed by atoms with Crippen LogP contribution in [0.25, 0.3) is 0 Å². The third-order valence-corrected chi connectivity index (χ3v) is 3.45. The van der Waals surface area contributed by atoms with Crippen LogP contribution in [0.1, 0.15) is 33.1 Å². The number of carbonyl (C=O) groups is 1. The summed E-state index contributed by atoms with van der Waals surface area (Å²) in [5, 5.41) is 9.18. The summed E-state index contributed by atoms with van der Waals surface area (Å²) in [5.41, 5.74) is -0.645. The highest BCUT2D eigenvalue weighted by molar-refractivity contribution is 5.74. The Bertz CT molecular complexity index is 238. The van der Waals surface area contributed by atoms with E-state index < -0.39 is 11.4 Å². The molecule has 0 aromatic carbocycles. The zero-order valence-corrected chi connectivity index (χ0v) is 10.5. The van der Waals surface area contributed by atoms with E-state index in [0.717, 1.165) is 26.0 Å². The standard InChI is InChI=1S/C12H23NO3/c1-4-12(2,11(14)15)9-13(3)8-10-6-5-7-16-10/h10H,4-9H2,1-3H3,(H,14,15). The van der Waals surface area contributed by atoms with Gasteiger partial charge in [0, 0.05) is 19.7 Å². The Hall–Kier alpha value is -0.610. The first-order valence-electron chi connectivity index (χ1n) is 6.01. The second-order valence-electron chi connectivity index (χ2n) is 5.05. The SMILES string of the molecule is CCC(C)(CN(C)CC1CCCO1)C(=O)O. The van der Waals surface area contributed by atoms with Crippen LogP contribution in [-0.2, 0) is 9.53 Å². The van der Waals surface area contributed by atoms with Gasteiger partial charge in [0.25, 0.3) is 0 Å². The van der Waals surface area contributed by atoms with Crippen molar-refractivity contribution in [3.05, 3.63) is 0 Å². The number of carboxylic acid groups (broad SMARTS) is 1. The zero-order chi connectivity index (χ0) is 12.2. The summed E-state index contributed by atoms with van der Waals surface area (Å²) in [4.78, 5) is 13.2. The maximum absolute atomic E-state index is 11.2. The van der Waals surface area contributed by atoms with E-state index in [4.69, 9.17) is 4.74 Å². The van der Waals surface area contributed by atoms with E-state index in [0.29, 0.717) is 19.1 Å². The topological polar surface area (TPSA) is 49.8 Å². The molecule has 0 spiro atoms. The van der Waals surface area contributed by atoms with Crippen LogP contribution in [0, 0.1) is 5.41 Å². The van der Waals surface area contributed by atoms with Gasteiger partial charge < -0.3 is 14.7 Å². The number of ether oxygens (including phenoxy) is 1. The van der Waals surface area contributed by atoms with Gasteiger partial charge in [-0.3, -0.25) is 4.79 Å². The van der Waals surface area contributed by atoms with Gasteiger partial charge in [-0.2, -0.15) is 0 Å². The molecule has 4 heteroatoms. The van der Waals surface area contributed by atoms with Gasteiger partial charge in [0.15, 0.2) is 0 Å². The lowest BCUT2D eigenvalue weighted by molar-refractivity contribution is -0.149. The van der Waals surface area contributed by atoms with Crippen LogP contribution in [0.3, 0.4) is 0 Å². The van der Waals surface area contributed by atoms with Crippen molar-refractivity contribution in [3.8, 4) is 0 Å². The van der Waals surface area contributed by atoms with Gasteiger partial charge in [0.2, 0.25) is 0 Å². The minimum atomic E-state index is -0.714. The molecule has 1 N–H and O–H groups in total. The minimum Gasteiger partial charge on any atom is -0.481 e. The Labute approximate surface area is 97.6 Å². The van der Waals surface area contributed by atoms with Crippen LogP contribution in [0.15, 0.2) is 0 Å². The predicted molar refractivity (Wildman–Crippen MR) is 62.5 cm³/mol. The summed E-state index contributed by atoms with van der Waals surface area (Å²) in [6, 6.07) is 0. The van der Waals surface area contributed by atoms with E-state index in [1.54, 1.807) is 6.92 Å². The number of likely N-dealkylation sites (N-methyl/N-ethyl adjacent to an activating group) is 1. The molecule has 94 valence electrons. The maximum atomic E-state index is 11.2. The summed E-state index contributed by atoms with van der Waals surface area (Å²) >= 11 is 0. The molecule has 0 radical (unpaired) electrons. The number of rotatable bonds is 6. The third-order valence-electron chi connectivity index (χ3n) is 3.45.